The number of unbranched alkanes of at least 4 members (excludes halogenated alkanes) is 1. The summed E-state index contributed by atoms with van der Waals surface area (Å²) in [6.45, 7) is 3.08. The van der Waals surface area contributed by atoms with Crippen molar-refractivity contribution in [1.82, 2.24) is 0 Å². The summed E-state index contributed by atoms with van der Waals surface area (Å²) in [4.78, 5) is 0. The van der Waals surface area contributed by atoms with Crippen LogP contribution in [-0.2, 0) is 0 Å². The van der Waals surface area contributed by atoms with Gasteiger partial charge in [0.2, 0.25) is 0 Å². The van der Waals surface area contributed by atoms with Crippen molar-refractivity contribution in [2.75, 3.05) is 19.0 Å². The second-order valence-electron chi connectivity index (χ2n) is 3.31. The van der Waals surface area contributed by atoms with Crippen LogP contribution in [0.15, 0.2) is 18.2 Å². The maximum Gasteiger partial charge on any atom is 0.143 e. The van der Waals surface area contributed by atoms with E-state index >= 15 is 0 Å². The van der Waals surface area contributed by atoms with E-state index in [1.807, 2.05) is 6.07 Å². The Morgan fingerprint density at radius 2 is 2.27 bits per heavy atom. The topological polar surface area (TPSA) is 45.0 Å². The molecule has 0 fully saturated rings. The molecule has 0 amide bonds. The molecule has 0 saturated carbocycles. The average molecular weight is 204 g/mol. The van der Waals surface area contributed by atoms with Crippen molar-refractivity contribution in [2.45, 2.75) is 19.8 Å². The van der Waals surface area contributed by atoms with Gasteiger partial charge in [-0.15, -0.1) is 0 Å². The largest absolute Gasteiger partial charge is 0.495 e. The Balaban J connectivity index is 2.75. The Labute approximate surface area is 90.7 Å². The highest BCUT2D eigenvalue weighted by atomic mass is 16.5. The van der Waals surface area contributed by atoms with Crippen LogP contribution < -0.4 is 10.1 Å². The second kappa shape index (κ2) is 5.92. The molecule has 1 aromatic rings. The van der Waals surface area contributed by atoms with E-state index in [9.17, 15) is 0 Å². The lowest BCUT2D eigenvalue weighted by Gasteiger charge is -2.10. The van der Waals surface area contributed by atoms with Gasteiger partial charge in [0, 0.05) is 12.6 Å². The summed E-state index contributed by atoms with van der Waals surface area (Å²) in [5, 5.41) is 12.0. The monoisotopic (exact) mass is 204 g/mol. The van der Waals surface area contributed by atoms with E-state index in [0.717, 1.165) is 30.8 Å². The van der Waals surface area contributed by atoms with Crippen molar-refractivity contribution >= 4 is 5.69 Å². The molecule has 80 valence electrons. The summed E-state index contributed by atoms with van der Waals surface area (Å²) in [6.07, 6.45) is 2.29. The molecule has 1 N–H and O–H groups in total. The molecule has 0 unspecified atom stereocenters. The van der Waals surface area contributed by atoms with E-state index in [2.05, 4.69) is 18.3 Å². The zero-order valence-corrected chi connectivity index (χ0v) is 9.21. The van der Waals surface area contributed by atoms with Crippen LogP contribution in [0.1, 0.15) is 25.3 Å². The number of ether oxygens (including phenoxy) is 1. The Kier molecular flexibility index (Phi) is 4.49. The summed E-state index contributed by atoms with van der Waals surface area (Å²) < 4.78 is 5.20. The maximum absolute atomic E-state index is 8.74. The molecule has 0 aromatic heterocycles. The average Bonchev–Trinajstić information content (AvgIpc) is 2.29. The van der Waals surface area contributed by atoms with Gasteiger partial charge >= 0.3 is 0 Å². The van der Waals surface area contributed by atoms with Crippen molar-refractivity contribution < 1.29 is 4.74 Å². The number of anilines is 1. The van der Waals surface area contributed by atoms with E-state index < -0.39 is 0 Å². The smallest absolute Gasteiger partial charge is 0.143 e. The molecule has 0 atom stereocenters. The third-order valence-corrected chi connectivity index (χ3v) is 2.18. The number of nitriles is 1. The van der Waals surface area contributed by atoms with Gasteiger partial charge in [0.1, 0.15) is 5.75 Å². The third-order valence-electron chi connectivity index (χ3n) is 2.18. The quantitative estimate of drug-likeness (QED) is 0.750. The first-order valence-corrected chi connectivity index (χ1v) is 5.13. The summed E-state index contributed by atoms with van der Waals surface area (Å²) in [6, 6.07) is 7.50. The van der Waals surface area contributed by atoms with E-state index in [4.69, 9.17) is 10.00 Å². The molecule has 0 saturated heterocycles. The number of benzene rings is 1. The first-order valence-electron chi connectivity index (χ1n) is 5.13. The zero-order valence-electron chi connectivity index (χ0n) is 9.21. The molecule has 0 heterocycles. The number of nitrogens with one attached hydrogen (secondary N) is 1. The Morgan fingerprint density at radius 1 is 1.47 bits per heavy atom. The van der Waals surface area contributed by atoms with Gasteiger partial charge in [-0.1, -0.05) is 13.3 Å². The van der Waals surface area contributed by atoms with Crippen LogP contribution in [0.4, 0.5) is 5.69 Å². The minimum absolute atomic E-state index is 0.618. The lowest BCUT2D eigenvalue weighted by Crippen LogP contribution is -2.02. The van der Waals surface area contributed by atoms with Crippen LogP contribution >= 0.6 is 0 Å². The molecule has 0 bridgehead atoms. The van der Waals surface area contributed by atoms with Gasteiger partial charge in [0.25, 0.3) is 0 Å². The fraction of sp³-hybridized carbons (Fsp3) is 0.417. The molecule has 0 aliphatic heterocycles. The van der Waals surface area contributed by atoms with Crippen LogP contribution in [0.3, 0.4) is 0 Å². The van der Waals surface area contributed by atoms with Gasteiger partial charge in [-0.25, -0.2) is 0 Å². The molecule has 1 rings (SSSR count). The van der Waals surface area contributed by atoms with E-state index in [1.165, 1.54) is 0 Å². The SMILES string of the molecule is CCCCNc1ccc(C#N)cc1OC. The van der Waals surface area contributed by atoms with Gasteiger partial charge < -0.3 is 10.1 Å². The van der Waals surface area contributed by atoms with Crippen LogP contribution in [0.2, 0.25) is 0 Å². The van der Waals surface area contributed by atoms with E-state index in [0.29, 0.717) is 5.56 Å². The standard InChI is InChI=1S/C12H16N2O/c1-3-4-7-14-11-6-5-10(9-13)8-12(11)15-2/h5-6,8,14H,3-4,7H2,1-2H3. The van der Waals surface area contributed by atoms with Gasteiger partial charge in [0.15, 0.2) is 0 Å². The molecule has 1 aromatic carbocycles. The highest BCUT2D eigenvalue weighted by Gasteiger charge is 2.02. The molecule has 3 nitrogen and oxygen atoms in total. The normalized spacial score (nSPS) is 9.40. The number of methoxy groups -OCH3 is 1. The van der Waals surface area contributed by atoms with Gasteiger partial charge in [0.05, 0.1) is 24.4 Å². The fourth-order valence-corrected chi connectivity index (χ4v) is 1.31. The zero-order chi connectivity index (χ0) is 11.1. The van der Waals surface area contributed by atoms with Crippen molar-refractivity contribution in [3.05, 3.63) is 23.8 Å². The number of nitrogens with zero attached hydrogens (tertiary/aromatic N) is 1. The lowest BCUT2D eigenvalue weighted by atomic mass is 10.2. The molecule has 3 heteroatoms. The van der Waals surface area contributed by atoms with Gasteiger partial charge in [-0.2, -0.15) is 5.26 Å². The van der Waals surface area contributed by atoms with Crippen molar-refractivity contribution in [3.8, 4) is 11.8 Å². The molecule has 0 spiro atoms. The van der Waals surface area contributed by atoms with Crippen molar-refractivity contribution in [2.24, 2.45) is 0 Å². The van der Waals surface area contributed by atoms with Crippen LogP contribution in [0, 0.1) is 11.3 Å². The molecule has 0 aliphatic rings. The molecular formula is C12H16N2O. The van der Waals surface area contributed by atoms with Gasteiger partial charge in [-0.05, 0) is 18.6 Å². The summed E-state index contributed by atoms with van der Waals surface area (Å²) >= 11 is 0. The van der Waals surface area contributed by atoms with Crippen molar-refractivity contribution in [1.29, 1.82) is 5.26 Å². The lowest BCUT2D eigenvalue weighted by molar-refractivity contribution is 0.416. The predicted molar refractivity (Wildman–Crippen MR) is 61.1 cm³/mol. The Hall–Kier alpha value is -1.69. The summed E-state index contributed by atoms with van der Waals surface area (Å²) in [5.74, 6) is 0.727. The first kappa shape index (κ1) is 11.4. The van der Waals surface area contributed by atoms with Crippen LogP contribution in [-0.4, -0.2) is 13.7 Å². The third kappa shape index (κ3) is 3.17. The predicted octanol–water partition coefficient (Wildman–Crippen LogP) is 2.78. The maximum atomic E-state index is 8.74. The highest BCUT2D eigenvalue weighted by molar-refractivity contribution is 5.59. The molecule has 0 radical (unpaired) electrons. The Bertz CT molecular complexity index is 355. The fourth-order valence-electron chi connectivity index (χ4n) is 1.31. The minimum atomic E-state index is 0.618. The number of hydrogen-bond donors (Lipinski definition) is 1. The van der Waals surface area contributed by atoms with Crippen molar-refractivity contribution in [3.63, 3.8) is 0 Å². The first-order chi connectivity index (χ1) is 7.31. The van der Waals surface area contributed by atoms with Crippen LogP contribution in [0.5, 0.6) is 5.75 Å². The molecular weight excluding hydrogens is 188 g/mol. The summed E-state index contributed by atoms with van der Waals surface area (Å²) in [5.41, 5.74) is 1.57. The van der Waals surface area contributed by atoms with E-state index in [1.54, 1.807) is 19.2 Å². The van der Waals surface area contributed by atoms with Crippen LogP contribution in [0.25, 0.3) is 0 Å². The molecule has 15 heavy (non-hydrogen) atoms. The van der Waals surface area contributed by atoms with E-state index in [-0.39, 0.29) is 0 Å². The Morgan fingerprint density at radius 3 is 2.87 bits per heavy atom. The minimum Gasteiger partial charge on any atom is -0.495 e. The highest BCUT2D eigenvalue weighted by Crippen LogP contribution is 2.25. The second-order valence-corrected chi connectivity index (χ2v) is 3.31. The number of rotatable bonds is 5. The van der Waals surface area contributed by atoms with Gasteiger partial charge in [-0.3, -0.25) is 0 Å². The molecule has 0 aliphatic carbocycles. The number of hydrogen-bond acceptors (Lipinski definition) is 3. The summed E-state index contributed by atoms with van der Waals surface area (Å²) in [7, 11) is 1.61.